The second-order valence-electron chi connectivity index (χ2n) is 5.85. The van der Waals surface area contributed by atoms with Crippen LogP contribution in [0.15, 0.2) is 12.3 Å². The van der Waals surface area contributed by atoms with Crippen LogP contribution in [0.4, 0.5) is 8.78 Å². The quantitative estimate of drug-likeness (QED) is 0.897. The van der Waals surface area contributed by atoms with Crippen LogP contribution < -0.4 is 10.6 Å². The van der Waals surface area contributed by atoms with Crippen LogP contribution in [0.25, 0.3) is 5.57 Å². The van der Waals surface area contributed by atoms with Crippen molar-refractivity contribution in [3.63, 3.8) is 0 Å². The smallest absolute Gasteiger partial charge is 0.255 e. The molecule has 1 aromatic heterocycles. The summed E-state index contributed by atoms with van der Waals surface area (Å²) in [4.78, 5) is 12.3. The first-order valence-corrected chi connectivity index (χ1v) is 7.81. The fraction of sp³-hybridized carbons (Fsp3) is 0.562. The number of allylic oxidation sites excluding steroid dienone is 1. The third kappa shape index (κ3) is 2.67. The maximum atomic E-state index is 12.4. The van der Waals surface area contributed by atoms with E-state index in [9.17, 15) is 13.6 Å². The minimum Gasteiger partial charge on any atom is -0.346 e. The van der Waals surface area contributed by atoms with E-state index in [2.05, 4.69) is 28.2 Å². The molecule has 4 nitrogen and oxygen atoms in total. The number of alkyl halides is 2. The Balaban J connectivity index is 2.01. The Morgan fingerprint density at radius 2 is 2.36 bits per heavy atom. The molecule has 0 fully saturated rings. The van der Waals surface area contributed by atoms with Crippen LogP contribution in [0, 0.1) is 0 Å². The van der Waals surface area contributed by atoms with E-state index in [4.69, 9.17) is 0 Å². The number of rotatable bonds is 4. The van der Waals surface area contributed by atoms with Gasteiger partial charge in [-0.25, -0.2) is 8.78 Å². The first-order valence-electron chi connectivity index (χ1n) is 7.81. The molecule has 1 amide bonds. The zero-order chi connectivity index (χ0) is 15.7. The summed E-state index contributed by atoms with van der Waals surface area (Å²) in [6.07, 6.45) is 3.39. The standard InChI is InChI=1S/C16H21F2N3O/c1-2-10-3-4-11-7-19-5-6-21-9-12(14(10)15(11)21)16(22)20-8-13(17)18/h4,9-10,13,19H,2-3,5-8H2,1H3,(H,20,22)/t10-/m1/s1. The van der Waals surface area contributed by atoms with E-state index in [1.54, 1.807) is 0 Å². The Bertz CT molecular complexity index is 607. The summed E-state index contributed by atoms with van der Waals surface area (Å²) in [6, 6.07) is 0. The first-order chi connectivity index (χ1) is 10.6. The van der Waals surface area contributed by atoms with Crippen molar-refractivity contribution in [2.45, 2.75) is 38.7 Å². The molecule has 0 radical (unpaired) electrons. The van der Waals surface area contributed by atoms with Crippen molar-refractivity contribution in [1.82, 2.24) is 15.2 Å². The zero-order valence-electron chi connectivity index (χ0n) is 12.7. The second kappa shape index (κ2) is 6.20. The van der Waals surface area contributed by atoms with Crippen LogP contribution in [0.1, 0.15) is 47.3 Å². The molecule has 0 saturated heterocycles. The van der Waals surface area contributed by atoms with Gasteiger partial charge in [0.25, 0.3) is 12.3 Å². The van der Waals surface area contributed by atoms with Gasteiger partial charge in [0, 0.05) is 31.5 Å². The molecular formula is C16H21F2N3O. The number of aromatic nitrogens is 1. The molecular weight excluding hydrogens is 288 g/mol. The number of nitrogens with zero attached hydrogens (tertiary/aromatic N) is 1. The van der Waals surface area contributed by atoms with Crippen LogP contribution >= 0.6 is 0 Å². The lowest BCUT2D eigenvalue weighted by atomic mass is 9.83. The summed E-state index contributed by atoms with van der Waals surface area (Å²) in [6.45, 7) is 3.93. The molecule has 1 aliphatic carbocycles. The molecule has 120 valence electrons. The molecule has 0 saturated carbocycles. The van der Waals surface area contributed by atoms with Gasteiger partial charge in [-0.1, -0.05) is 13.0 Å². The topological polar surface area (TPSA) is 46.1 Å². The van der Waals surface area contributed by atoms with Gasteiger partial charge in [-0.05, 0) is 29.9 Å². The molecule has 0 aromatic carbocycles. The van der Waals surface area contributed by atoms with Crippen LogP contribution in [-0.4, -0.2) is 36.5 Å². The van der Waals surface area contributed by atoms with Gasteiger partial charge >= 0.3 is 0 Å². The molecule has 2 heterocycles. The predicted octanol–water partition coefficient (Wildman–Crippen LogP) is 2.37. The highest BCUT2D eigenvalue weighted by molar-refractivity contribution is 5.97. The Morgan fingerprint density at radius 1 is 1.55 bits per heavy atom. The molecule has 0 spiro atoms. The van der Waals surface area contributed by atoms with Crippen molar-refractivity contribution in [3.05, 3.63) is 29.1 Å². The highest BCUT2D eigenvalue weighted by atomic mass is 19.3. The molecule has 6 heteroatoms. The SMILES string of the molecule is CC[C@@H]1CC=C2CNCCn3cc(C(=O)NCC(F)F)c1c32. The fourth-order valence-electron chi connectivity index (χ4n) is 3.41. The summed E-state index contributed by atoms with van der Waals surface area (Å²) in [5.41, 5.74) is 3.93. The van der Waals surface area contributed by atoms with E-state index in [0.717, 1.165) is 43.7 Å². The summed E-state index contributed by atoms with van der Waals surface area (Å²) in [5.74, 6) is -0.103. The van der Waals surface area contributed by atoms with Crippen molar-refractivity contribution in [1.29, 1.82) is 0 Å². The van der Waals surface area contributed by atoms with Gasteiger partial charge in [-0.15, -0.1) is 0 Å². The van der Waals surface area contributed by atoms with Crippen LogP contribution in [-0.2, 0) is 6.54 Å². The molecule has 22 heavy (non-hydrogen) atoms. The largest absolute Gasteiger partial charge is 0.346 e. The van der Waals surface area contributed by atoms with Gasteiger partial charge in [-0.2, -0.15) is 0 Å². The monoisotopic (exact) mass is 309 g/mol. The van der Waals surface area contributed by atoms with E-state index in [-0.39, 0.29) is 11.8 Å². The molecule has 0 unspecified atom stereocenters. The number of hydrogen-bond donors (Lipinski definition) is 2. The maximum Gasteiger partial charge on any atom is 0.255 e. The lowest BCUT2D eigenvalue weighted by molar-refractivity contribution is 0.0890. The fourth-order valence-corrected chi connectivity index (χ4v) is 3.41. The Kier molecular flexibility index (Phi) is 4.29. The third-order valence-electron chi connectivity index (χ3n) is 4.48. The number of hydrogen-bond acceptors (Lipinski definition) is 2. The van der Waals surface area contributed by atoms with E-state index in [1.165, 1.54) is 5.57 Å². The van der Waals surface area contributed by atoms with Gasteiger partial charge < -0.3 is 15.2 Å². The molecule has 2 N–H and O–H groups in total. The molecule has 0 bridgehead atoms. The van der Waals surface area contributed by atoms with Gasteiger partial charge in [-0.3, -0.25) is 4.79 Å². The van der Waals surface area contributed by atoms with E-state index < -0.39 is 13.0 Å². The summed E-state index contributed by atoms with van der Waals surface area (Å²) in [7, 11) is 0. The van der Waals surface area contributed by atoms with Crippen molar-refractivity contribution < 1.29 is 13.6 Å². The number of halogens is 2. The first kappa shape index (κ1) is 15.2. The molecule has 3 rings (SSSR count). The Hall–Kier alpha value is -1.69. The average Bonchev–Trinajstić information content (AvgIpc) is 2.76. The zero-order valence-corrected chi connectivity index (χ0v) is 12.7. The molecule has 1 atom stereocenters. The Labute approximate surface area is 128 Å². The summed E-state index contributed by atoms with van der Waals surface area (Å²) >= 11 is 0. The minimum atomic E-state index is -2.53. The number of nitrogens with one attached hydrogen (secondary N) is 2. The highest BCUT2D eigenvalue weighted by Gasteiger charge is 2.31. The summed E-state index contributed by atoms with van der Waals surface area (Å²) < 4.78 is 26.8. The van der Waals surface area contributed by atoms with Crippen LogP contribution in [0.5, 0.6) is 0 Å². The predicted molar refractivity (Wildman–Crippen MR) is 81.3 cm³/mol. The normalized spacial score (nSPS) is 20.4. The van der Waals surface area contributed by atoms with Gasteiger partial charge in [0.15, 0.2) is 0 Å². The lowest BCUT2D eigenvalue weighted by Gasteiger charge is -2.23. The molecule has 2 aliphatic rings. The Morgan fingerprint density at radius 3 is 3.09 bits per heavy atom. The molecule has 1 aromatic rings. The second-order valence-corrected chi connectivity index (χ2v) is 5.85. The van der Waals surface area contributed by atoms with Crippen molar-refractivity contribution >= 4 is 11.5 Å². The number of amides is 1. The van der Waals surface area contributed by atoms with Crippen LogP contribution in [0.2, 0.25) is 0 Å². The third-order valence-corrected chi connectivity index (χ3v) is 4.48. The van der Waals surface area contributed by atoms with E-state index in [1.807, 2.05) is 6.20 Å². The van der Waals surface area contributed by atoms with Gasteiger partial charge in [0.2, 0.25) is 0 Å². The van der Waals surface area contributed by atoms with Gasteiger partial charge in [0.05, 0.1) is 12.1 Å². The van der Waals surface area contributed by atoms with Crippen LogP contribution in [0.3, 0.4) is 0 Å². The number of carbonyl (C=O) groups excluding carboxylic acids is 1. The van der Waals surface area contributed by atoms with Crippen molar-refractivity contribution in [3.8, 4) is 0 Å². The average molecular weight is 309 g/mol. The highest BCUT2D eigenvalue weighted by Crippen LogP contribution is 2.40. The number of carbonyl (C=O) groups is 1. The van der Waals surface area contributed by atoms with E-state index >= 15 is 0 Å². The van der Waals surface area contributed by atoms with Crippen molar-refractivity contribution in [2.24, 2.45) is 0 Å². The lowest BCUT2D eigenvalue weighted by Crippen LogP contribution is -2.29. The van der Waals surface area contributed by atoms with Gasteiger partial charge in [0.1, 0.15) is 0 Å². The van der Waals surface area contributed by atoms with E-state index in [0.29, 0.717) is 5.56 Å². The molecule has 1 aliphatic heterocycles. The maximum absolute atomic E-state index is 12.4. The minimum absolute atomic E-state index is 0.283. The van der Waals surface area contributed by atoms with Crippen molar-refractivity contribution in [2.75, 3.05) is 19.6 Å². The summed E-state index contributed by atoms with van der Waals surface area (Å²) in [5, 5.41) is 5.72.